The van der Waals surface area contributed by atoms with Crippen LogP contribution in [0.5, 0.6) is 0 Å². The minimum Gasteiger partial charge on any atom is -0.314 e. The number of nitrogens with one attached hydrogen (secondary N) is 1. The van der Waals surface area contributed by atoms with Gasteiger partial charge in [0.25, 0.3) is 0 Å². The summed E-state index contributed by atoms with van der Waals surface area (Å²) in [6.07, 6.45) is 6.98. The van der Waals surface area contributed by atoms with Gasteiger partial charge in [-0.25, -0.2) is 0 Å². The van der Waals surface area contributed by atoms with E-state index >= 15 is 0 Å². The van der Waals surface area contributed by atoms with E-state index < -0.39 is 0 Å². The van der Waals surface area contributed by atoms with Gasteiger partial charge in [-0.15, -0.1) is 0 Å². The fourth-order valence-electron chi connectivity index (χ4n) is 1.89. The van der Waals surface area contributed by atoms with Gasteiger partial charge in [0.15, 0.2) is 0 Å². The number of hydrogen-bond donors (Lipinski definition) is 1. The number of hydrogen-bond acceptors (Lipinski definition) is 1. The van der Waals surface area contributed by atoms with E-state index in [2.05, 4.69) is 39.9 Å². The van der Waals surface area contributed by atoms with Crippen LogP contribution < -0.4 is 5.32 Å². The lowest BCUT2D eigenvalue weighted by Crippen LogP contribution is -2.31. The van der Waals surface area contributed by atoms with Gasteiger partial charge in [0.1, 0.15) is 0 Å². The minimum atomic E-state index is 0.627. The van der Waals surface area contributed by atoms with Crippen molar-refractivity contribution in [3.05, 3.63) is 0 Å². The summed E-state index contributed by atoms with van der Waals surface area (Å²) in [6, 6.07) is 0.627. The molecule has 0 heterocycles. The van der Waals surface area contributed by atoms with Crippen LogP contribution in [0.3, 0.4) is 0 Å². The Balaban J connectivity index is 3.64. The Morgan fingerprint density at radius 2 is 1.60 bits per heavy atom. The molecule has 0 aliphatic rings. The summed E-state index contributed by atoms with van der Waals surface area (Å²) >= 11 is 0. The Labute approximate surface area is 97.0 Å². The smallest absolute Gasteiger partial charge is 0.00104 e. The lowest BCUT2D eigenvalue weighted by molar-refractivity contribution is 0.320. The monoisotopic (exact) mass is 213 g/mol. The summed E-state index contributed by atoms with van der Waals surface area (Å²) in [5, 5.41) is 3.57. The van der Waals surface area contributed by atoms with Crippen LogP contribution in [0.4, 0.5) is 0 Å². The Morgan fingerprint density at radius 1 is 0.933 bits per heavy atom. The molecule has 0 aliphatic heterocycles. The van der Waals surface area contributed by atoms with E-state index in [4.69, 9.17) is 0 Å². The van der Waals surface area contributed by atoms with Crippen molar-refractivity contribution in [2.45, 2.75) is 72.8 Å². The highest BCUT2D eigenvalue weighted by Gasteiger charge is 2.12. The van der Waals surface area contributed by atoms with Crippen LogP contribution >= 0.6 is 0 Å². The normalized spacial score (nSPS) is 13.8. The molecular weight excluding hydrogens is 182 g/mol. The number of rotatable bonds is 9. The maximum atomic E-state index is 3.57. The van der Waals surface area contributed by atoms with Crippen LogP contribution in [0.1, 0.15) is 66.7 Å². The quantitative estimate of drug-likeness (QED) is 0.565. The van der Waals surface area contributed by atoms with Gasteiger partial charge in [0.05, 0.1) is 0 Å². The van der Waals surface area contributed by atoms with E-state index in [1.54, 1.807) is 0 Å². The molecule has 0 spiro atoms. The van der Waals surface area contributed by atoms with E-state index in [9.17, 15) is 0 Å². The molecule has 0 fully saturated rings. The molecular formula is C14H31N. The molecule has 0 bridgehead atoms. The van der Waals surface area contributed by atoms with Gasteiger partial charge in [-0.1, -0.05) is 60.3 Å². The highest BCUT2D eigenvalue weighted by molar-refractivity contribution is 4.67. The summed E-state index contributed by atoms with van der Waals surface area (Å²) < 4.78 is 0. The van der Waals surface area contributed by atoms with Crippen molar-refractivity contribution in [3.8, 4) is 0 Å². The summed E-state index contributed by atoms with van der Waals surface area (Å²) in [5.41, 5.74) is 0. The van der Waals surface area contributed by atoms with Crippen molar-refractivity contribution in [2.75, 3.05) is 6.54 Å². The minimum absolute atomic E-state index is 0.627. The second-order valence-electron chi connectivity index (χ2n) is 5.42. The third-order valence-electron chi connectivity index (χ3n) is 3.16. The van der Waals surface area contributed by atoms with Gasteiger partial charge in [-0.3, -0.25) is 0 Å². The molecule has 1 atom stereocenters. The van der Waals surface area contributed by atoms with Crippen molar-refractivity contribution < 1.29 is 0 Å². The highest BCUT2D eigenvalue weighted by Crippen LogP contribution is 2.18. The molecule has 0 saturated carbocycles. The van der Waals surface area contributed by atoms with Crippen molar-refractivity contribution in [1.29, 1.82) is 0 Å². The number of unbranched alkanes of at least 4 members (excludes halogenated alkanes) is 3. The lowest BCUT2D eigenvalue weighted by atomic mass is 9.90. The van der Waals surface area contributed by atoms with Crippen LogP contribution in [-0.4, -0.2) is 12.6 Å². The molecule has 0 radical (unpaired) electrons. The summed E-state index contributed by atoms with van der Waals surface area (Å²) in [7, 11) is 0. The van der Waals surface area contributed by atoms with Crippen molar-refractivity contribution >= 4 is 0 Å². The predicted octanol–water partition coefficient (Wildman–Crippen LogP) is 4.23. The molecule has 0 aromatic heterocycles. The Hall–Kier alpha value is -0.0400. The average Bonchev–Trinajstić information content (AvgIpc) is 2.15. The molecule has 0 saturated heterocycles. The molecule has 0 amide bonds. The molecule has 1 heteroatoms. The second-order valence-corrected chi connectivity index (χ2v) is 5.42. The Morgan fingerprint density at radius 3 is 2.07 bits per heavy atom. The summed E-state index contributed by atoms with van der Waals surface area (Å²) in [6.45, 7) is 12.6. The fourth-order valence-corrected chi connectivity index (χ4v) is 1.89. The van der Waals surface area contributed by atoms with Gasteiger partial charge in [-0.2, -0.15) is 0 Å². The fraction of sp³-hybridized carbons (Fsp3) is 1.00. The molecule has 92 valence electrons. The van der Waals surface area contributed by atoms with Crippen LogP contribution in [0.25, 0.3) is 0 Å². The van der Waals surface area contributed by atoms with Gasteiger partial charge in [0, 0.05) is 6.04 Å². The SMILES string of the molecule is CCCCCCC(CNC(C)C)C(C)C. The average molecular weight is 213 g/mol. The molecule has 0 rings (SSSR count). The van der Waals surface area contributed by atoms with E-state index in [0.29, 0.717) is 6.04 Å². The first-order valence-corrected chi connectivity index (χ1v) is 6.81. The van der Waals surface area contributed by atoms with Crippen LogP contribution in [-0.2, 0) is 0 Å². The maximum Gasteiger partial charge on any atom is 0.00104 e. The van der Waals surface area contributed by atoms with E-state index in [1.165, 1.54) is 38.6 Å². The standard InChI is InChI=1S/C14H31N/c1-6-7-8-9-10-14(12(2)3)11-15-13(4)5/h12-15H,6-11H2,1-5H3. The molecule has 0 aromatic rings. The maximum absolute atomic E-state index is 3.57. The molecule has 0 aliphatic carbocycles. The highest BCUT2D eigenvalue weighted by atomic mass is 14.9. The van der Waals surface area contributed by atoms with Crippen molar-refractivity contribution in [2.24, 2.45) is 11.8 Å². The first-order valence-electron chi connectivity index (χ1n) is 6.81. The van der Waals surface area contributed by atoms with Crippen LogP contribution in [0, 0.1) is 11.8 Å². The molecule has 1 N–H and O–H groups in total. The topological polar surface area (TPSA) is 12.0 Å². The molecule has 1 unspecified atom stereocenters. The third-order valence-corrected chi connectivity index (χ3v) is 3.16. The Kier molecular flexibility index (Phi) is 9.18. The second kappa shape index (κ2) is 9.21. The molecule has 15 heavy (non-hydrogen) atoms. The van der Waals surface area contributed by atoms with Gasteiger partial charge in [0.2, 0.25) is 0 Å². The third kappa shape index (κ3) is 8.92. The zero-order valence-corrected chi connectivity index (χ0v) is 11.5. The largest absolute Gasteiger partial charge is 0.314 e. The summed E-state index contributed by atoms with van der Waals surface area (Å²) in [4.78, 5) is 0. The molecule has 0 aromatic carbocycles. The zero-order chi connectivity index (χ0) is 11.7. The molecule has 1 nitrogen and oxygen atoms in total. The van der Waals surface area contributed by atoms with E-state index in [0.717, 1.165) is 11.8 Å². The van der Waals surface area contributed by atoms with Gasteiger partial charge < -0.3 is 5.32 Å². The van der Waals surface area contributed by atoms with Crippen LogP contribution in [0.15, 0.2) is 0 Å². The zero-order valence-electron chi connectivity index (χ0n) is 11.5. The van der Waals surface area contributed by atoms with Crippen LogP contribution in [0.2, 0.25) is 0 Å². The van der Waals surface area contributed by atoms with E-state index in [1.807, 2.05) is 0 Å². The van der Waals surface area contributed by atoms with Gasteiger partial charge >= 0.3 is 0 Å². The van der Waals surface area contributed by atoms with Crippen molar-refractivity contribution in [1.82, 2.24) is 5.32 Å². The first-order chi connectivity index (χ1) is 7.07. The Bertz CT molecular complexity index is 129. The first kappa shape index (κ1) is 15.0. The predicted molar refractivity (Wildman–Crippen MR) is 70.2 cm³/mol. The van der Waals surface area contributed by atoms with E-state index in [-0.39, 0.29) is 0 Å². The van der Waals surface area contributed by atoms with Crippen molar-refractivity contribution in [3.63, 3.8) is 0 Å². The lowest BCUT2D eigenvalue weighted by Gasteiger charge is -2.22. The summed E-state index contributed by atoms with van der Waals surface area (Å²) in [5.74, 6) is 1.68. The van der Waals surface area contributed by atoms with Gasteiger partial charge in [-0.05, 0) is 24.8 Å².